The van der Waals surface area contributed by atoms with Crippen molar-refractivity contribution in [1.29, 1.82) is 0 Å². The van der Waals surface area contributed by atoms with Gasteiger partial charge in [-0.15, -0.1) is 0 Å². The molecule has 4 rings (SSSR count). The normalized spacial score (nSPS) is 18.3. The lowest BCUT2D eigenvalue weighted by atomic mass is 10.2. The molecule has 0 atom stereocenters. The summed E-state index contributed by atoms with van der Waals surface area (Å²) in [5.41, 5.74) is 0.982. The van der Waals surface area contributed by atoms with Crippen molar-refractivity contribution in [3.63, 3.8) is 0 Å². The second kappa shape index (κ2) is 9.74. The fourth-order valence-corrected chi connectivity index (χ4v) is 3.90. The Morgan fingerprint density at radius 1 is 0.931 bits per heavy atom. The molecule has 0 saturated carbocycles. The van der Waals surface area contributed by atoms with Crippen molar-refractivity contribution < 1.29 is 14.3 Å². The number of aromatic nitrogens is 1. The number of fused-ring (bicyclic) bond motifs is 2. The van der Waals surface area contributed by atoms with Crippen molar-refractivity contribution in [2.24, 2.45) is 0 Å². The van der Waals surface area contributed by atoms with Gasteiger partial charge in [-0.05, 0) is 56.8 Å². The highest BCUT2D eigenvalue weighted by molar-refractivity contribution is 5.78. The van der Waals surface area contributed by atoms with Crippen molar-refractivity contribution in [2.45, 2.75) is 38.6 Å². The van der Waals surface area contributed by atoms with Crippen molar-refractivity contribution in [2.75, 3.05) is 32.8 Å². The van der Waals surface area contributed by atoms with Gasteiger partial charge in [-0.25, -0.2) is 4.98 Å². The van der Waals surface area contributed by atoms with Crippen molar-refractivity contribution in [3.05, 3.63) is 48.2 Å². The largest absolute Gasteiger partial charge is 0.490 e. The van der Waals surface area contributed by atoms with Crippen molar-refractivity contribution in [1.82, 2.24) is 14.8 Å². The Kier molecular flexibility index (Phi) is 6.62. The van der Waals surface area contributed by atoms with Crippen molar-refractivity contribution >= 4 is 5.91 Å². The van der Waals surface area contributed by atoms with Crippen LogP contribution in [-0.4, -0.2) is 53.5 Å². The summed E-state index contributed by atoms with van der Waals surface area (Å²) in [6.07, 6.45) is 7.05. The van der Waals surface area contributed by atoms with Gasteiger partial charge in [-0.1, -0.05) is 18.2 Å². The summed E-state index contributed by atoms with van der Waals surface area (Å²) >= 11 is 0. The van der Waals surface area contributed by atoms with Gasteiger partial charge in [0.15, 0.2) is 11.5 Å². The summed E-state index contributed by atoms with van der Waals surface area (Å²) < 4.78 is 12.1. The smallest absolute Gasteiger partial charge is 0.236 e. The van der Waals surface area contributed by atoms with Crippen LogP contribution in [0.5, 0.6) is 17.4 Å². The minimum Gasteiger partial charge on any atom is -0.490 e. The lowest BCUT2D eigenvalue weighted by molar-refractivity contribution is -0.131. The van der Waals surface area contributed by atoms with Crippen LogP contribution in [0, 0.1) is 0 Å². The highest BCUT2D eigenvalue weighted by Crippen LogP contribution is 2.32. The molecule has 2 aliphatic rings. The number of nitrogens with zero attached hydrogens (tertiary/aromatic N) is 3. The number of carbonyl (C=O) groups excluding carboxylic acids is 1. The first-order valence-electron chi connectivity index (χ1n) is 10.6. The molecular formula is C23H29N3O3. The fraction of sp³-hybridized carbons (Fsp3) is 0.478. The zero-order valence-corrected chi connectivity index (χ0v) is 16.9. The Morgan fingerprint density at radius 2 is 1.72 bits per heavy atom. The minimum atomic E-state index is 0.229. The highest BCUT2D eigenvalue weighted by atomic mass is 16.5. The van der Waals surface area contributed by atoms with Crippen LogP contribution >= 0.6 is 0 Å². The van der Waals surface area contributed by atoms with Gasteiger partial charge < -0.3 is 14.4 Å². The molecule has 0 unspecified atom stereocenters. The Morgan fingerprint density at radius 3 is 2.59 bits per heavy atom. The number of likely N-dealkylation sites (tertiary alicyclic amines) is 1. The van der Waals surface area contributed by atoms with Crippen LogP contribution in [0.4, 0.5) is 0 Å². The van der Waals surface area contributed by atoms with E-state index in [1.807, 2.05) is 41.3 Å². The maximum atomic E-state index is 12.7. The SMILES string of the molecule is O=C(CN1CCCCCOc2ccccc2Oc2ncccc2C1)N1CCCC1. The monoisotopic (exact) mass is 395 g/mol. The summed E-state index contributed by atoms with van der Waals surface area (Å²) in [5, 5.41) is 0. The predicted octanol–water partition coefficient (Wildman–Crippen LogP) is 3.86. The first kappa shape index (κ1) is 19.7. The lowest BCUT2D eigenvalue weighted by Gasteiger charge is -2.25. The van der Waals surface area contributed by atoms with E-state index in [0.29, 0.717) is 31.3 Å². The summed E-state index contributed by atoms with van der Waals surface area (Å²) in [4.78, 5) is 21.4. The Labute approximate surface area is 172 Å². The summed E-state index contributed by atoms with van der Waals surface area (Å²) in [6.45, 7) is 4.40. The Hall–Kier alpha value is -2.60. The van der Waals surface area contributed by atoms with E-state index in [0.717, 1.165) is 63.1 Å². The molecular weight excluding hydrogens is 366 g/mol. The number of amides is 1. The zero-order valence-electron chi connectivity index (χ0n) is 16.9. The van der Waals surface area contributed by atoms with Gasteiger partial charge in [0.2, 0.25) is 11.8 Å². The number of hydrogen-bond acceptors (Lipinski definition) is 5. The molecule has 2 aliphatic heterocycles. The van der Waals surface area contributed by atoms with Crippen LogP contribution in [0.15, 0.2) is 42.6 Å². The molecule has 0 aliphatic carbocycles. The van der Waals surface area contributed by atoms with Crippen LogP contribution in [0.2, 0.25) is 0 Å². The minimum absolute atomic E-state index is 0.229. The molecule has 1 aromatic heterocycles. The van der Waals surface area contributed by atoms with E-state index in [1.165, 1.54) is 0 Å². The van der Waals surface area contributed by atoms with Gasteiger partial charge in [-0.3, -0.25) is 9.69 Å². The van der Waals surface area contributed by atoms with E-state index < -0.39 is 0 Å². The zero-order chi connectivity index (χ0) is 19.9. The number of ether oxygens (including phenoxy) is 2. The standard InChI is InChI=1S/C23H29N3O3/c27-22(26-14-5-6-15-26)18-25-13-4-1-7-16-28-20-10-2-3-11-21(20)29-23-19(17-25)9-8-12-24-23/h2-3,8-12H,1,4-7,13-18H2. The molecule has 29 heavy (non-hydrogen) atoms. The van der Waals surface area contributed by atoms with Crippen LogP contribution in [0.3, 0.4) is 0 Å². The van der Waals surface area contributed by atoms with Gasteiger partial charge >= 0.3 is 0 Å². The average molecular weight is 396 g/mol. The fourth-order valence-electron chi connectivity index (χ4n) is 3.90. The maximum Gasteiger partial charge on any atom is 0.236 e. The molecule has 1 fully saturated rings. The number of benzene rings is 1. The Bertz CT molecular complexity index is 821. The van der Waals surface area contributed by atoms with E-state index in [2.05, 4.69) is 9.88 Å². The second-order valence-corrected chi connectivity index (χ2v) is 7.72. The molecule has 0 radical (unpaired) electrons. The molecule has 1 aromatic carbocycles. The predicted molar refractivity (Wildman–Crippen MR) is 111 cm³/mol. The van der Waals surface area contributed by atoms with Crippen LogP contribution in [-0.2, 0) is 11.3 Å². The maximum absolute atomic E-state index is 12.7. The summed E-state index contributed by atoms with van der Waals surface area (Å²) in [5.74, 6) is 2.21. The second-order valence-electron chi connectivity index (χ2n) is 7.72. The molecule has 2 aromatic rings. The molecule has 1 amide bonds. The summed E-state index contributed by atoms with van der Waals surface area (Å²) in [6, 6.07) is 11.7. The van der Waals surface area contributed by atoms with Crippen LogP contribution in [0.1, 0.15) is 37.7 Å². The summed E-state index contributed by atoms with van der Waals surface area (Å²) in [7, 11) is 0. The van der Waals surface area contributed by atoms with Crippen LogP contribution in [0.25, 0.3) is 0 Å². The van der Waals surface area contributed by atoms with Gasteiger partial charge in [-0.2, -0.15) is 0 Å². The average Bonchev–Trinajstić information content (AvgIpc) is 3.27. The topological polar surface area (TPSA) is 54.9 Å². The van der Waals surface area contributed by atoms with E-state index >= 15 is 0 Å². The van der Waals surface area contributed by atoms with Crippen molar-refractivity contribution in [3.8, 4) is 17.4 Å². The number of carbonyl (C=O) groups is 1. The van der Waals surface area contributed by atoms with Gasteiger partial charge in [0, 0.05) is 31.4 Å². The first-order chi connectivity index (χ1) is 14.3. The number of rotatable bonds is 2. The molecule has 0 N–H and O–H groups in total. The number of para-hydroxylation sites is 2. The van der Waals surface area contributed by atoms with E-state index in [-0.39, 0.29) is 5.91 Å². The molecule has 6 nitrogen and oxygen atoms in total. The molecule has 1 saturated heterocycles. The third kappa shape index (κ3) is 5.26. The van der Waals surface area contributed by atoms with Gasteiger partial charge in [0.05, 0.1) is 13.2 Å². The third-order valence-corrected chi connectivity index (χ3v) is 5.49. The first-order valence-corrected chi connectivity index (χ1v) is 10.6. The quantitative estimate of drug-likeness (QED) is 0.773. The molecule has 6 heteroatoms. The van der Waals surface area contributed by atoms with E-state index in [4.69, 9.17) is 9.47 Å². The third-order valence-electron chi connectivity index (χ3n) is 5.49. The van der Waals surface area contributed by atoms with E-state index in [9.17, 15) is 4.79 Å². The van der Waals surface area contributed by atoms with Gasteiger partial charge in [0.25, 0.3) is 0 Å². The molecule has 3 heterocycles. The number of hydrogen-bond donors (Lipinski definition) is 0. The Balaban J connectivity index is 1.55. The van der Waals surface area contributed by atoms with E-state index in [1.54, 1.807) is 6.20 Å². The number of pyridine rings is 1. The van der Waals surface area contributed by atoms with Crippen LogP contribution < -0.4 is 9.47 Å². The highest BCUT2D eigenvalue weighted by Gasteiger charge is 2.22. The molecule has 154 valence electrons. The lowest BCUT2D eigenvalue weighted by Crippen LogP contribution is -2.39. The molecule has 0 bridgehead atoms. The molecule has 0 spiro atoms. The van der Waals surface area contributed by atoms with Gasteiger partial charge in [0.1, 0.15) is 0 Å².